The fraction of sp³-hybridized carbons (Fsp3) is 0.750. The summed E-state index contributed by atoms with van der Waals surface area (Å²) in [6.45, 7) is 9.62. The molecule has 0 aromatic carbocycles. The van der Waals surface area contributed by atoms with Crippen LogP contribution in [-0.4, -0.2) is 22.6 Å². The zero-order valence-electron chi connectivity index (χ0n) is 10.2. The molecule has 0 aliphatic heterocycles. The van der Waals surface area contributed by atoms with Gasteiger partial charge in [0.05, 0.1) is 12.0 Å². The third kappa shape index (κ3) is 4.04. The van der Waals surface area contributed by atoms with Crippen LogP contribution in [0.4, 0.5) is 0 Å². The van der Waals surface area contributed by atoms with Gasteiger partial charge >= 0.3 is 0 Å². The van der Waals surface area contributed by atoms with Crippen LogP contribution >= 0.6 is 0 Å². The van der Waals surface area contributed by atoms with E-state index < -0.39 is 0 Å². The van der Waals surface area contributed by atoms with Crippen LogP contribution in [0, 0.1) is 13.8 Å². The summed E-state index contributed by atoms with van der Waals surface area (Å²) in [6, 6.07) is 0. The minimum atomic E-state index is 1.03. The monoisotopic (exact) mass is 209 g/mol. The average Bonchev–Trinajstić information content (AvgIpc) is 2.54. The van der Waals surface area contributed by atoms with E-state index in [1.165, 1.54) is 25.0 Å². The molecule has 0 aliphatic carbocycles. The molecule has 0 aliphatic rings. The SMILES string of the molecule is CCCCCNCCn1cnc(C)c1C. The molecule has 3 heteroatoms. The van der Waals surface area contributed by atoms with E-state index in [1.54, 1.807) is 0 Å². The first-order valence-electron chi connectivity index (χ1n) is 5.94. The van der Waals surface area contributed by atoms with Gasteiger partial charge in [0, 0.05) is 18.8 Å². The summed E-state index contributed by atoms with van der Waals surface area (Å²) >= 11 is 0. The molecule has 0 radical (unpaired) electrons. The van der Waals surface area contributed by atoms with Crippen LogP contribution in [0.2, 0.25) is 0 Å². The highest BCUT2D eigenvalue weighted by atomic mass is 15.1. The number of aryl methyl sites for hydroxylation is 1. The first kappa shape index (κ1) is 12.2. The maximum atomic E-state index is 4.28. The quantitative estimate of drug-likeness (QED) is 0.698. The highest BCUT2D eigenvalue weighted by molar-refractivity contribution is 5.08. The molecule has 86 valence electrons. The Kier molecular flexibility index (Phi) is 5.40. The number of aromatic nitrogens is 2. The van der Waals surface area contributed by atoms with Gasteiger partial charge in [0.2, 0.25) is 0 Å². The van der Waals surface area contributed by atoms with Gasteiger partial charge in [-0.25, -0.2) is 4.98 Å². The van der Waals surface area contributed by atoms with Gasteiger partial charge in [-0.3, -0.25) is 0 Å². The van der Waals surface area contributed by atoms with E-state index in [0.29, 0.717) is 0 Å². The summed E-state index contributed by atoms with van der Waals surface area (Å²) in [6.07, 6.45) is 5.84. The molecule has 1 rings (SSSR count). The third-order valence-electron chi connectivity index (χ3n) is 2.83. The second-order valence-corrected chi connectivity index (χ2v) is 4.07. The van der Waals surface area contributed by atoms with Crippen molar-refractivity contribution in [2.45, 2.75) is 46.6 Å². The number of hydrogen-bond acceptors (Lipinski definition) is 2. The normalized spacial score (nSPS) is 10.9. The lowest BCUT2D eigenvalue weighted by molar-refractivity contribution is 0.564. The maximum absolute atomic E-state index is 4.28. The molecule has 0 saturated carbocycles. The van der Waals surface area contributed by atoms with Crippen molar-refractivity contribution in [3.63, 3.8) is 0 Å². The van der Waals surface area contributed by atoms with E-state index in [4.69, 9.17) is 0 Å². The standard InChI is InChI=1S/C12H23N3/c1-4-5-6-7-13-8-9-15-10-14-11(2)12(15)3/h10,13H,4-9H2,1-3H3. The fourth-order valence-corrected chi connectivity index (χ4v) is 1.59. The highest BCUT2D eigenvalue weighted by Gasteiger charge is 2.00. The van der Waals surface area contributed by atoms with Crippen LogP contribution in [0.15, 0.2) is 6.33 Å². The lowest BCUT2D eigenvalue weighted by atomic mass is 10.2. The minimum absolute atomic E-state index is 1.03. The molecule has 0 atom stereocenters. The topological polar surface area (TPSA) is 29.9 Å². The first-order chi connectivity index (χ1) is 7.25. The second kappa shape index (κ2) is 6.62. The van der Waals surface area contributed by atoms with E-state index in [2.05, 4.69) is 35.6 Å². The largest absolute Gasteiger partial charge is 0.333 e. The molecule has 0 amide bonds. The van der Waals surface area contributed by atoms with Gasteiger partial charge in [0.1, 0.15) is 0 Å². The summed E-state index contributed by atoms with van der Waals surface area (Å²) in [5, 5.41) is 3.46. The summed E-state index contributed by atoms with van der Waals surface area (Å²) in [4.78, 5) is 4.28. The Morgan fingerprint density at radius 3 is 2.67 bits per heavy atom. The fourth-order valence-electron chi connectivity index (χ4n) is 1.59. The van der Waals surface area contributed by atoms with Crippen molar-refractivity contribution in [1.29, 1.82) is 0 Å². The number of nitrogens with zero attached hydrogens (tertiary/aromatic N) is 2. The Morgan fingerprint density at radius 2 is 2.07 bits per heavy atom. The molecule has 0 saturated heterocycles. The molecular weight excluding hydrogens is 186 g/mol. The first-order valence-corrected chi connectivity index (χ1v) is 5.94. The molecule has 0 spiro atoms. The zero-order chi connectivity index (χ0) is 11.1. The number of rotatable bonds is 7. The van der Waals surface area contributed by atoms with Crippen LogP contribution in [-0.2, 0) is 6.54 Å². The lowest BCUT2D eigenvalue weighted by Crippen LogP contribution is -2.21. The van der Waals surface area contributed by atoms with E-state index in [-0.39, 0.29) is 0 Å². The lowest BCUT2D eigenvalue weighted by Gasteiger charge is -2.06. The molecule has 3 nitrogen and oxygen atoms in total. The number of unbranched alkanes of at least 4 members (excludes halogenated alkanes) is 2. The predicted octanol–water partition coefficient (Wildman–Crippen LogP) is 2.28. The van der Waals surface area contributed by atoms with Gasteiger partial charge in [-0.05, 0) is 26.8 Å². The molecule has 0 fully saturated rings. The summed E-state index contributed by atoms with van der Waals surface area (Å²) in [5.41, 5.74) is 2.42. The van der Waals surface area contributed by atoms with Crippen molar-refractivity contribution in [2.75, 3.05) is 13.1 Å². The summed E-state index contributed by atoms with van der Waals surface area (Å²) in [5.74, 6) is 0. The van der Waals surface area contributed by atoms with Crippen LogP contribution in [0.1, 0.15) is 37.6 Å². The Morgan fingerprint density at radius 1 is 1.27 bits per heavy atom. The van der Waals surface area contributed by atoms with Crippen LogP contribution in [0.3, 0.4) is 0 Å². The van der Waals surface area contributed by atoms with Crippen LogP contribution < -0.4 is 5.32 Å². The van der Waals surface area contributed by atoms with Crippen molar-refractivity contribution in [3.05, 3.63) is 17.7 Å². The Bertz CT molecular complexity index is 278. The number of hydrogen-bond donors (Lipinski definition) is 1. The van der Waals surface area contributed by atoms with E-state index >= 15 is 0 Å². The Labute approximate surface area is 92.9 Å². The zero-order valence-corrected chi connectivity index (χ0v) is 10.2. The van der Waals surface area contributed by atoms with Gasteiger partial charge in [-0.15, -0.1) is 0 Å². The predicted molar refractivity (Wildman–Crippen MR) is 64.1 cm³/mol. The van der Waals surface area contributed by atoms with Crippen LogP contribution in [0.25, 0.3) is 0 Å². The Balaban J connectivity index is 2.12. The summed E-state index contributed by atoms with van der Waals surface area (Å²) in [7, 11) is 0. The molecule has 1 N–H and O–H groups in total. The molecule has 1 heterocycles. The number of nitrogens with one attached hydrogen (secondary N) is 1. The molecular formula is C12H23N3. The molecule has 1 aromatic heterocycles. The molecule has 15 heavy (non-hydrogen) atoms. The van der Waals surface area contributed by atoms with Gasteiger partial charge < -0.3 is 9.88 Å². The molecule has 0 bridgehead atoms. The van der Waals surface area contributed by atoms with E-state index in [9.17, 15) is 0 Å². The second-order valence-electron chi connectivity index (χ2n) is 4.07. The molecule has 1 aromatic rings. The van der Waals surface area contributed by atoms with Gasteiger partial charge in [0.15, 0.2) is 0 Å². The van der Waals surface area contributed by atoms with Gasteiger partial charge in [-0.1, -0.05) is 19.8 Å². The van der Waals surface area contributed by atoms with E-state index in [1.807, 2.05) is 6.33 Å². The number of imidazole rings is 1. The maximum Gasteiger partial charge on any atom is 0.0951 e. The van der Waals surface area contributed by atoms with Gasteiger partial charge in [-0.2, -0.15) is 0 Å². The smallest absolute Gasteiger partial charge is 0.0951 e. The third-order valence-corrected chi connectivity index (χ3v) is 2.83. The van der Waals surface area contributed by atoms with Crippen molar-refractivity contribution in [1.82, 2.24) is 14.9 Å². The van der Waals surface area contributed by atoms with E-state index in [0.717, 1.165) is 25.3 Å². The average molecular weight is 209 g/mol. The Hall–Kier alpha value is -0.830. The van der Waals surface area contributed by atoms with Crippen molar-refractivity contribution in [3.8, 4) is 0 Å². The molecule has 0 unspecified atom stereocenters. The van der Waals surface area contributed by atoms with Crippen molar-refractivity contribution < 1.29 is 0 Å². The minimum Gasteiger partial charge on any atom is -0.333 e. The summed E-state index contributed by atoms with van der Waals surface area (Å²) < 4.78 is 2.21. The van der Waals surface area contributed by atoms with Crippen molar-refractivity contribution in [2.24, 2.45) is 0 Å². The van der Waals surface area contributed by atoms with Gasteiger partial charge in [0.25, 0.3) is 0 Å². The van der Waals surface area contributed by atoms with Crippen molar-refractivity contribution >= 4 is 0 Å². The van der Waals surface area contributed by atoms with Crippen LogP contribution in [0.5, 0.6) is 0 Å². The highest BCUT2D eigenvalue weighted by Crippen LogP contribution is 2.02.